The van der Waals surface area contributed by atoms with Crippen molar-refractivity contribution in [1.82, 2.24) is 0 Å². The van der Waals surface area contributed by atoms with Crippen molar-refractivity contribution in [3.05, 3.63) is 66.2 Å². The molecular formula is C17H15NS. The topological polar surface area (TPSA) is 26.0 Å². The van der Waals surface area contributed by atoms with E-state index in [4.69, 9.17) is 5.73 Å². The van der Waals surface area contributed by atoms with Gasteiger partial charge in [0, 0.05) is 15.5 Å². The Morgan fingerprint density at radius 3 is 2.47 bits per heavy atom. The van der Waals surface area contributed by atoms with Crippen LogP contribution in [0.15, 0.2) is 70.5 Å². The van der Waals surface area contributed by atoms with Crippen LogP contribution in [0.4, 0.5) is 5.69 Å². The zero-order chi connectivity index (χ0) is 13.2. The largest absolute Gasteiger partial charge is 0.399 e. The van der Waals surface area contributed by atoms with Gasteiger partial charge in [-0.1, -0.05) is 48.2 Å². The Bertz CT molecular complexity index is 734. The highest BCUT2D eigenvalue weighted by atomic mass is 32.2. The summed E-state index contributed by atoms with van der Waals surface area (Å²) in [6, 6.07) is 21.0. The first-order chi connectivity index (χ1) is 9.22. The quantitative estimate of drug-likeness (QED) is 0.668. The second kappa shape index (κ2) is 4.98. The second-order valence-electron chi connectivity index (χ2n) is 4.64. The third-order valence-corrected chi connectivity index (χ3v) is 4.31. The maximum atomic E-state index is 5.86. The summed E-state index contributed by atoms with van der Waals surface area (Å²) in [5.74, 6) is 0. The van der Waals surface area contributed by atoms with Crippen LogP contribution in [-0.4, -0.2) is 0 Å². The van der Waals surface area contributed by atoms with Crippen molar-refractivity contribution in [1.29, 1.82) is 0 Å². The van der Waals surface area contributed by atoms with E-state index in [9.17, 15) is 0 Å². The van der Waals surface area contributed by atoms with Gasteiger partial charge in [0.1, 0.15) is 0 Å². The number of hydrogen-bond donors (Lipinski definition) is 1. The zero-order valence-corrected chi connectivity index (χ0v) is 11.6. The molecule has 0 spiro atoms. The number of fused-ring (bicyclic) bond motifs is 1. The summed E-state index contributed by atoms with van der Waals surface area (Å²) in [6.07, 6.45) is 0. The van der Waals surface area contributed by atoms with Crippen LogP contribution in [0.5, 0.6) is 0 Å². The van der Waals surface area contributed by atoms with E-state index in [1.807, 2.05) is 12.1 Å². The molecule has 0 fully saturated rings. The van der Waals surface area contributed by atoms with Crippen LogP contribution in [0.25, 0.3) is 10.8 Å². The van der Waals surface area contributed by atoms with E-state index in [0.29, 0.717) is 0 Å². The molecule has 3 aromatic carbocycles. The fourth-order valence-corrected chi connectivity index (χ4v) is 3.08. The smallest absolute Gasteiger partial charge is 0.0325 e. The first-order valence-corrected chi connectivity index (χ1v) is 7.07. The van der Waals surface area contributed by atoms with Gasteiger partial charge in [0.15, 0.2) is 0 Å². The van der Waals surface area contributed by atoms with Crippen molar-refractivity contribution in [2.24, 2.45) is 0 Å². The number of hydrogen-bond acceptors (Lipinski definition) is 2. The molecule has 0 bridgehead atoms. The van der Waals surface area contributed by atoms with Gasteiger partial charge in [-0.3, -0.25) is 0 Å². The van der Waals surface area contributed by atoms with Crippen LogP contribution in [0.2, 0.25) is 0 Å². The number of aryl methyl sites for hydroxylation is 1. The van der Waals surface area contributed by atoms with E-state index in [2.05, 4.69) is 55.5 Å². The lowest BCUT2D eigenvalue weighted by Crippen LogP contribution is -1.87. The Hall–Kier alpha value is -1.93. The average molecular weight is 265 g/mol. The summed E-state index contributed by atoms with van der Waals surface area (Å²) in [7, 11) is 0. The first kappa shape index (κ1) is 12.1. The first-order valence-electron chi connectivity index (χ1n) is 6.25. The molecule has 3 aromatic rings. The van der Waals surface area contributed by atoms with E-state index >= 15 is 0 Å². The van der Waals surface area contributed by atoms with Crippen molar-refractivity contribution >= 4 is 28.2 Å². The van der Waals surface area contributed by atoms with Gasteiger partial charge in [-0.2, -0.15) is 0 Å². The Balaban J connectivity index is 1.98. The van der Waals surface area contributed by atoms with Gasteiger partial charge < -0.3 is 5.73 Å². The average Bonchev–Trinajstić information content (AvgIpc) is 2.43. The predicted molar refractivity (Wildman–Crippen MR) is 83.7 cm³/mol. The lowest BCUT2D eigenvalue weighted by atomic mass is 10.1. The summed E-state index contributed by atoms with van der Waals surface area (Å²) in [5.41, 5.74) is 7.93. The summed E-state index contributed by atoms with van der Waals surface area (Å²) in [4.78, 5) is 2.46. The molecule has 0 saturated carbocycles. The van der Waals surface area contributed by atoms with Gasteiger partial charge in [0.25, 0.3) is 0 Å². The molecule has 3 rings (SSSR count). The van der Waals surface area contributed by atoms with Crippen molar-refractivity contribution < 1.29 is 0 Å². The summed E-state index contributed by atoms with van der Waals surface area (Å²) >= 11 is 1.76. The normalized spacial score (nSPS) is 10.8. The second-order valence-corrected chi connectivity index (χ2v) is 5.75. The SMILES string of the molecule is Cc1ccc(N)cc1Sc1ccc2ccccc2c1. The summed E-state index contributed by atoms with van der Waals surface area (Å²) in [5, 5.41) is 2.55. The zero-order valence-electron chi connectivity index (χ0n) is 10.8. The molecule has 0 aliphatic heterocycles. The summed E-state index contributed by atoms with van der Waals surface area (Å²) in [6.45, 7) is 2.11. The molecule has 0 saturated heterocycles. The standard InChI is InChI=1S/C17H15NS/c1-12-6-8-15(18)11-17(12)19-16-9-7-13-4-2-3-5-14(13)10-16/h2-11H,18H2,1H3. The highest BCUT2D eigenvalue weighted by Gasteiger charge is 2.03. The van der Waals surface area contributed by atoms with Gasteiger partial charge >= 0.3 is 0 Å². The summed E-state index contributed by atoms with van der Waals surface area (Å²) < 4.78 is 0. The molecule has 0 atom stereocenters. The van der Waals surface area contributed by atoms with E-state index in [0.717, 1.165) is 5.69 Å². The lowest BCUT2D eigenvalue weighted by molar-refractivity contribution is 1.30. The van der Waals surface area contributed by atoms with Crippen LogP contribution in [0.3, 0.4) is 0 Å². The van der Waals surface area contributed by atoms with Crippen molar-refractivity contribution in [3.8, 4) is 0 Å². The molecule has 2 N–H and O–H groups in total. The minimum atomic E-state index is 0.814. The lowest BCUT2D eigenvalue weighted by Gasteiger charge is -2.07. The maximum Gasteiger partial charge on any atom is 0.0325 e. The van der Waals surface area contributed by atoms with Crippen molar-refractivity contribution in [2.75, 3.05) is 5.73 Å². The molecule has 0 heterocycles. The Kier molecular flexibility index (Phi) is 3.18. The fourth-order valence-electron chi connectivity index (χ4n) is 2.08. The van der Waals surface area contributed by atoms with Gasteiger partial charge in [-0.25, -0.2) is 0 Å². The molecular weight excluding hydrogens is 250 g/mol. The number of rotatable bonds is 2. The highest BCUT2D eigenvalue weighted by molar-refractivity contribution is 7.99. The number of nitrogens with two attached hydrogens (primary N) is 1. The van der Waals surface area contributed by atoms with Crippen LogP contribution >= 0.6 is 11.8 Å². The molecule has 2 heteroatoms. The molecule has 0 radical (unpaired) electrons. The highest BCUT2D eigenvalue weighted by Crippen LogP contribution is 2.33. The molecule has 1 nitrogen and oxygen atoms in total. The third kappa shape index (κ3) is 2.59. The third-order valence-electron chi connectivity index (χ3n) is 3.16. The van der Waals surface area contributed by atoms with Crippen LogP contribution in [-0.2, 0) is 0 Å². The predicted octanol–water partition coefficient (Wildman–Crippen LogP) is 4.88. The molecule has 0 aliphatic carbocycles. The minimum Gasteiger partial charge on any atom is -0.399 e. The van der Waals surface area contributed by atoms with Gasteiger partial charge in [-0.15, -0.1) is 0 Å². The maximum absolute atomic E-state index is 5.86. The number of anilines is 1. The van der Waals surface area contributed by atoms with Gasteiger partial charge in [0.2, 0.25) is 0 Å². The Morgan fingerprint density at radius 2 is 1.63 bits per heavy atom. The van der Waals surface area contributed by atoms with Gasteiger partial charge in [-0.05, 0) is 47.5 Å². The van der Waals surface area contributed by atoms with Crippen molar-refractivity contribution in [3.63, 3.8) is 0 Å². The number of benzene rings is 3. The Labute approximate surface area is 117 Å². The molecule has 0 aromatic heterocycles. The van der Waals surface area contributed by atoms with Crippen LogP contribution in [0.1, 0.15) is 5.56 Å². The monoisotopic (exact) mass is 265 g/mol. The van der Waals surface area contributed by atoms with Crippen LogP contribution < -0.4 is 5.73 Å². The molecule has 94 valence electrons. The van der Waals surface area contributed by atoms with Crippen LogP contribution in [0, 0.1) is 6.92 Å². The van der Waals surface area contributed by atoms with Gasteiger partial charge in [0.05, 0.1) is 0 Å². The fraction of sp³-hybridized carbons (Fsp3) is 0.0588. The Morgan fingerprint density at radius 1 is 0.842 bits per heavy atom. The van der Waals surface area contributed by atoms with E-state index in [1.54, 1.807) is 11.8 Å². The van der Waals surface area contributed by atoms with E-state index in [1.165, 1.54) is 26.1 Å². The molecule has 0 unspecified atom stereocenters. The molecule has 0 amide bonds. The number of nitrogen functional groups attached to an aromatic ring is 1. The molecule has 19 heavy (non-hydrogen) atoms. The van der Waals surface area contributed by atoms with E-state index < -0.39 is 0 Å². The van der Waals surface area contributed by atoms with E-state index in [-0.39, 0.29) is 0 Å². The minimum absolute atomic E-state index is 0.814. The van der Waals surface area contributed by atoms with Crippen molar-refractivity contribution in [2.45, 2.75) is 16.7 Å². The molecule has 0 aliphatic rings.